The van der Waals surface area contributed by atoms with E-state index < -0.39 is 27.6 Å². The topological polar surface area (TPSA) is 97.4 Å². The fourth-order valence-electron chi connectivity index (χ4n) is 3.62. The third-order valence-corrected chi connectivity index (χ3v) is 6.84. The van der Waals surface area contributed by atoms with Crippen molar-refractivity contribution in [2.75, 3.05) is 10.0 Å². The number of amides is 1. The van der Waals surface area contributed by atoms with Crippen LogP contribution < -0.4 is 14.8 Å². The van der Waals surface area contributed by atoms with Gasteiger partial charge in [0.05, 0.1) is 10.4 Å². The molecular weight excluding hydrogens is 512 g/mol. The Kier molecular flexibility index (Phi) is 6.71. The molecule has 5 aromatic rings. The van der Waals surface area contributed by atoms with Crippen molar-refractivity contribution in [2.24, 2.45) is 0 Å². The molecular formula is C28H19F2N3O4S. The Labute approximate surface area is 216 Å². The highest BCUT2D eigenvalue weighted by Crippen LogP contribution is 2.28. The highest BCUT2D eigenvalue weighted by atomic mass is 32.2. The fourth-order valence-corrected chi connectivity index (χ4v) is 4.73. The van der Waals surface area contributed by atoms with E-state index in [1.807, 2.05) is 0 Å². The number of nitrogens with one attached hydrogen (secondary N) is 2. The molecule has 0 radical (unpaired) electrons. The molecule has 0 saturated heterocycles. The Morgan fingerprint density at radius 3 is 2.18 bits per heavy atom. The van der Waals surface area contributed by atoms with Gasteiger partial charge < -0.3 is 10.1 Å². The number of hydrogen-bond acceptors (Lipinski definition) is 5. The van der Waals surface area contributed by atoms with E-state index in [1.165, 1.54) is 60.7 Å². The maximum Gasteiger partial charge on any atom is 0.261 e. The Hall–Kier alpha value is -4.83. The Morgan fingerprint density at radius 2 is 1.45 bits per heavy atom. The number of pyridine rings is 1. The molecule has 7 nitrogen and oxygen atoms in total. The summed E-state index contributed by atoms with van der Waals surface area (Å²) in [6, 6.07) is 24.6. The zero-order chi connectivity index (χ0) is 26.7. The Bertz CT molecular complexity index is 1740. The highest BCUT2D eigenvalue weighted by Gasteiger charge is 2.19. The lowest BCUT2D eigenvalue weighted by Crippen LogP contribution is -2.16. The molecule has 0 spiro atoms. The first-order valence-corrected chi connectivity index (χ1v) is 12.8. The third-order valence-electron chi connectivity index (χ3n) is 5.46. The minimum absolute atomic E-state index is 0.00504. The maximum absolute atomic E-state index is 13.3. The van der Waals surface area contributed by atoms with Gasteiger partial charge in [0.1, 0.15) is 22.9 Å². The van der Waals surface area contributed by atoms with Gasteiger partial charge in [-0.25, -0.2) is 22.2 Å². The van der Waals surface area contributed by atoms with Gasteiger partial charge in [-0.1, -0.05) is 24.3 Å². The predicted molar refractivity (Wildman–Crippen MR) is 140 cm³/mol. The molecule has 4 aromatic carbocycles. The van der Waals surface area contributed by atoms with Crippen LogP contribution in [0.2, 0.25) is 0 Å². The molecule has 190 valence electrons. The van der Waals surface area contributed by atoms with Crippen LogP contribution in [0.15, 0.2) is 108 Å². The molecule has 1 amide bonds. The van der Waals surface area contributed by atoms with E-state index in [4.69, 9.17) is 4.74 Å². The van der Waals surface area contributed by atoms with Crippen molar-refractivity contribution in [3.8, 4) is 11.6 Å². The summed E-state index contributed by atoms with van der Waals surface area (Å²) in [5.74, 6) is -1.26. The summed E-state index contributed by atoms with van der Waals surface area (Å²) in [7, 11) is -4.02. The molecule has 0 bridgehead atoms. The number of carbonyl (C=O) groups excluding carboxylic acids is 1. The number of ether oxygens (including phenoxy) is 1. The largest absolute Gasteiger partial charge is 0.438 e. The molecule has 38 heavy (non-hydrogen) atoms. The maximum atomic E-state index is 13.3. The van der Waals surface area contributed by atoms with Crippen LogP contribution >= 0.6 is 0 Å². The Morgan fingerprint density at radius 1 is 0.763 bits per heavy atom. The zero-order valence-electron chi connectivity index (χ0n) is 19.6. The molecule has 10 heteroatoms. The van der Waals surface area contributed by atoms with Gasteiger partial charge in [-0.3, -0.25) is 9.52 Å². The molecule has 0 aliphatic rings. The van der Waals surface area contributed by atoms with Crippen molar-refractivity contribution in [1.29, 1.82) is 0 Å². The first-order chi connectivity index (χ1) is 18.3. The fraction of sp³-hybridized carbons (Fsp3) is 0. The molecule has 0 aliphatic carbocycles. The number of anilines is 2. The van der Waals surface area contributed by atoms with Crippen LogP contribution in [0.5, 0.6) is 11.6 Å². The second-order valence-corrected chi connectivity index (χ2v) is 9.87. The van der Waals surface area contributed by atoms with Crippen LogP contribution in [0.25, 0.3) is 10.9 Å². The van der Waals surface area contributed by atoms with Crippen LogP contribution in [-0.2, 0) is 10.0 Å². The van der Waals surface area contributed by atoms with Crippen LogP contribution in [0.1, 0.15) is 10.4 Å². The number of sulfonamides is 1. The van der Waals surface area contributed by atoms with E-state index in [0.29, 0.717) is 10.9 Å². The van der Waals surface area contributed by atoms with E-state index in [1.54, 1.807) is 30.3 Å². The van der Waals surface area contributed by atoms with Crippen molar-refractivity contribution in [2.45, 2.75) is 4.90 Å². The van der Waals surface area contributed by atoms with Gasteiger partial charge >= 0.3 is 0 Å². The predicted octanol–water partition coefficient (Wildman–Crippen LogP) is 6.36. The molecule has 0 saturated carbocycles. The van der Waals surface area contributed by atoms with Gasteiger partial charge in [0.2, 0.25) is 5.88 Å². The summed E-state index contributed by atoms with van der Waals surface area (Å²) in [4.78, 5) is 17.7. The lowest BCUT2D eigenvalue weighted by Gasteiger charge is -2.13. The van der Waals surface area contributed by atoms with E-state index >= 15 is 0 Å². The number of para-hydroxylation sites is 1. The molecule has 2 N–H and O–H groups in total. The van der Waals surface area contributed by atoms with Gasteiger partial charge in [0.15, 0.2) is 0 Å². The average Bonchev–Trinajstić information content (AvgIpc) is 2.91. The number of rotatable bonds is 7. The van der Waals surface area contributed by atoms with Crippen LogP contribution in [0, 0.1) is 11.6 Å². The number of carbonyl (C=O) groups is 1. The second kappa shape index (κ2) is 10.3. The first kappa shape index (κ1) is 24.8. The van der Waals surface area contributed by atoms with E-state index in [2.05, 4.69) is 15.0 Å². The van der Waals surface area contributed by atoms with Gasteiger partial charge in [0.25, 0.3) is 15.9 Å². The van der Waals surface area contributed by atoms with E-state index in [9.17, 15) is 22.0 Å². The molecule has 0 atom stereocenters. The van der Waals surface area contributed by atoms with Gasteiger partial charge in [-0.05, 0) is 78.9 Å². The quantitative estimate of drug-likeness (QED) is 0.255. The number of nitrogens with zero attached hydrogens (tertiary/aromatic N) is 1. The first-order valence-electron chi connectivity index (χ1n) is 11.3. The normalized spacial score (nSPS) is 11.2. The molecule has 1 heterocycles. The zero-order valence-corrected chi connectivity index (χ0v) is 20.4. The summed E-state index contributed by atoms with van der Waals surface area (Å²) in [5.41, 5.74) is 1.07. The van der Waals surface area contributed by atoms with Crippen molar-refractivity contribution in [3.63, 3.8) is 0 Å². The third kappa shape index (κ3) is 5.60. The summed E-state index contributed by atoms with van der Waals surface area (Å²) >= 11 is 0. The summed E-state index contributed by atoms with van der Waals surface area (Å²) in [6.45, 7) is 0. The molecule has 1 aromatic heterocycles. The SMILES string of the molecule is O=C(Nc1cccc(S(=O)(=O)Nc2ccc(F)cc2)c1)c1cc2ccccc2nc1Oc1ccc(F)cc1. The minimum Gasteiger partial charge on any atom is -0.438 e. The highest BCUT2D eigenvalue weighted by molar-refractivity contribution is 7.92. The number of aromatic nitrogens is 1. The van der Waals surface area contributed by atoms with E-state index in [0.717, 1.165) is 12.1 Å². The number of hydrogen-bond donors (Lipinski definition) is 2. The van der Waals surface area contributed by atoms with Gasteiger partial charge in [-0.15, -0.1) is 0 Å². The lowest BCUT2D eigenvalue weighted by atomic mass is 10.1. The second-order valence-electron chi connectivity index (χ2n) is 8.18. The monoisotopic (exact) mass is 531 g/mol. The Balaban J connectivity index is 1.43. The van der Waals surface area contributed by atoms with E-state index in [-0.39, 0.29) is 33.5 Å². The average molecular weight is 532 g/mol. The minimum atomic E-state index is -4.02. The van der Waals surface area contributed by atoms with Crippen LogP contribution in [-0.4, -0.2) is 19.3 Å². The van der Waals surface area contributed by atoms with Gasteiger partial charge in [-0.2, -0.15) is 0 Å². The summed E-state index contributed by atoms with van der Waals surface area (Å²) in [6.07, 6.45) is 0. The smallest absolute Gasteiger partial charge is 0.261 e. The van der Waals surface area contributed by atoms with Gasteiger partial charge in [0, 0.05) is 16.8 Å². The lowest BCUT2D eigenvalue weighted by molar-refractivity contribution is 0.102. The van der Waals surface area contributed by atoms with Crippen LogP contribution in [0.3, 0.4) is 0 Å². The molecule has 0 unspecified atom stereocenters. The van der Waals surface area contributed by atoms with Crippen molar-refractivity contribution in [3.05, 3.63) is 120 Å². The van der Waals surface area contributed by atoms with Crippen LogP contribution in [0.4, 0.5) is 20.2 Å². The summed E-state index contributed by atoms with van der Waals surface area (Å²) < 4.78 is 60.4. The molecule has 5 rings (SSSR count). The molecule has 0 fully saturated rings. The summed E-state index contributed by atoms with van der Waals surface area (Å²) in [5, 5.41) is 3.37. The molecule has 0 aliphatic heterocycles. The van der Waals surface area contributed by atoms with Crippen molar-refractivity contribution >= 4 is 38.2 Å². The number of fused-ring (bicyclic) bond motifs is 1. The van der Waals surface area contributed by atoms with Crippen molar-refractivity contribution in [1.82, 2.24) is 4.98 Å². The number of benzene rings is 4. The standard InChI is InChI=1S/C28H19F2N3O4S/c29-19-8-12-21(13-9-19)33-38(35,36)24-6-3-5-22(17-24)31-27(34)25-16-18-4-1-2-7-26(18)32-28(25)37-23-14-10-20(30)11-15-23/h1-17,33H,(H,31,34). The van der Waals surface area contributed by atoms with Crippen molar-refractivity contribution < 1.29 is 26.7 Å². The number of halogens is 2.